The largest absolute Gasteiger partial charge is 0.314 e. The van der Waals surface area contributed by atoms with Gasteiger partial charge in [0.05, 0.1) is 0 Å². The minimum Gasteiger partial charge on any atom is -0.314 e. The van der Waals surface area contributed by atoms with E-state index in [1.54, 1.807) is 12.1 Å². The Labute approximate surface area is 117 Å². The number of benzene rings is 1. The second-order valence-electron chi connectivity index (χ2n) is 5.18. The van der Waals surface area contributed by atoms with Gasteiger partial charge in [0, 0.05) is 10.5 Å². The summed E-state index contributed by atoms with van der Waals surface area (Å²) in [5, 5.41) is 3.57. The molecule has 0 amide bonds. The highest BCUT2D eigenvalue weighted by molar-refractivity contribution is 9.10. The molecule has 0 aromatic heterocycles. The molecular weight excluding hydrogens is 293 g/mol. The second-order valence-corrected chi connectivity index (χ2v) is 6.10. The van der Waals surface area contributed by atoms with Gasteiger partial charge in [-0.15, -0.1) is 0 Å². The van der Waals surface area contributed by atoms with Crippen molar-refractivity contribution in [1.29, 1.82) is 0 Å². The van der Waals surface area contributed by atoms with Gasteiger partial charge in [-0.05, 0) is 61.9 Å². The summed E-state index contributed by atoms with van der Waals surface area (Å²) in [4.78, 5) is 0. The van der Waals surface area contributed by atoms with Crippen LogP contribution < -0.4 is 5.32 Å². The lowest BCUT2D eigenvalue weighted by molar-refractivity contribution is 0.335. The van der Waals surface area contributed by atoms with Crippen molar-refractivity contribution < 1.29 is 4.39 Å². The van der Waals surface area contributed by atoms with E-state index < -0.39 is 0 Å². The molecule has 0 aliphatic heterocycles. The van der Waals surface area contributed by atoms with Crippen molar-refractivity contribution in [2.45, 2.75) is 51.0 Å². The van der Waals surface area contributed by atoms with Crippen molar-refractivity contribution in [3.05, 3.63) is 34.1 Å². The molecule has 2 atom stereocenters. The Balaban J connectivity index is 2.05. The van der Waals surface area contributed by atoms with Crippen LogP contribution in [0.5, 0.6) is 0 Å². The molecule has 18 heavy (non-hydrogen) atoms. The Morgan fingerprint density at radius 2 is 2.22 bits per heavy atom. The van der Waals surface area contributed by atoms with Crippen LogP contribution in [-0.4, -0.2) is 12.6 Å². The highest BCUT2D eigenvalue weighted by Crippen LogP contribution is 2.35. The van der Waals surface area contributed by atoms with Crippen LogP contribution in [0, 0.1) is 5.82 Å². The van der Waals surface area contributed by atoms with Crippen molar-refractivity contribution in [3.8, 4) is 0 Å². The zero-order valence-corrected chi connectivity index (χ0v) is 12.5. The minimum atomic E-state index is -0.0562. The molecule has 1 nitrogen and oxygen atoms in total. The molecule has 1 saturated carbocycles. The first-order chi connectivity index (χ1) is 8.70. The summed E-state index contributed by atoms with van der Waals surface area (Å²) < 4.78 is 14.9. The van der Waals surface area contributed by atoms with Crippen molar-refractivity contribution in [2.24, 2.45) is 0 Å². The molecule has 1 aliphatic rings. The molecule has 0 bridgehead atoms. The molecule has 1 aliphatic carbocycles. The fourth-order valence-corrected chi connectivity index (χ4v) is 3.21. The van der Waals surface area contributed by atoms with E-state index in [4.69, 9.17) is 0 Å². The van der Waals surface area contributed by atoms with E-state index in [1.165, 1.54) is 12.8 Å². The molecule has 3 heteroatoms. The van der Waals surface area contributed by atoms with Gasteiger partial charge >= 0.3 is 0 Å². The Bertz CT molecular complexity index is 394. The first-order valence-corrected chi connectivity index (χ1v) is 7.68. The van der Waals surface area contributed by atoms with Crippen molar-refractivity contribution in [3.63, 3.8) is 0 Å². The third kappa shape index (κ3) is 3.55. The number of nitrogens with one attached hydrogen (secondary N) is 1. The summed E-state index contributed by atoms with van der Waals surface area (Å²) in [6.07, 6.45) is 5.75. The van der Waals surface area contributed by atoms with Crippen LogP contribution in [0.1, 0.15) is 50.5 Å². The fraction of sp³-hybridized carbons (Fsp3) is 0.600. The normalized spacial score (nSPS) is 24.2. The smallest absolute Gasteiger partial charge is 0.126 e. The van der Waals surface area contributed by atoms with Gasteiger partial charge in [0.2, 0.25) is 0 Å². The molecule has 1 N–H and O–H groups in total. The molecule has 0 radical (unpaired) electrons. The number of hydrogen-bond acceptors (Lipinski definition) is 1. The van der Waals surface area contributed by atoms with Crippen LogP contribution in [0.3, 0.4) is 0 Å². The Morgan fingerprint density at radius 3 is 3.00 bits per heavy atom. The zero-order chi connectivity index (χ0) is 13.0. The van der Waals surface area contributed by atoms with Crippen LogP contribution in [0.15, 0.2) is 22.7 Å². The van der Waals surface area contributed by atoms with E-state index in [0.29, 0.717) is 12.0 Å². The van der Waals surface area contributed by atoms with E-state index >= 15 is 0 Å². The van der Waals surface area contributed by atoms with Crippen LogP contribution >= 0.6 is 15.9 Å². The van der Waals surface area contributed by atoms with Gasteiger partial charge in [0.15, 0.2) is 0 Å². The van der Waals surface area contributed by atoms with E-state index in [1.807, 2.05) is 6.07 Å². The SMILES string of the molecule is CCCNC1CCCC(c2cc(Br)ccc2F)C1. The molecule has 1 fully saturated rings. The number of hydrogen-bond donors (Lipinski definition) is 1. The maximum atomic E-state index is 13.9. The number of halogens is 2. The summed E-state index contributed by atoms with van der Waals surface area (Å²) in [6, 6.07) is 5.85. The highest BCUT2D eigenvalue weighted by atomic mass is 79.9. The van der Waals surface area contributed by atoms with E-state index in [-0.39, 0.29) is 5.82 Å². The second kappa shape index (κ2) is 6.67. The lowest BCUT2D eigenvalue weighted by atomic mass is 9.81. The fourth-order valence-electron chi connectivity index (χ4n) is 2.83. The topological polar surface area (TPSA) is 12.0 Å². The lowest BCUT2D eigenvalue weighted by Crippen LogP contribution is -2.34. The van der Waals surface area contributed by atoms with Gasteiger partial charge in [0.1, 0.15) is 5.82 Å². The predicted octanol–water partition coefficient (Wildman–Crippen LogP) is 4.61. The lowest BCUT2D eigenvalue weighted by Gasteiger charge is -2.30. The average Bonchev–Trinajstić information content (AvgIpc) is 2.39. The third-order valence-electron chi connectivity index (χ3n) is 3.76. The third-order valence-corrected chi connectivity index (χ3v) is 4.25. The standard InChI is InChI=1S/C15H21BrFN/c1-2-8-18-13-5-3-4-11(9-13)14-10-12(16)6-7-15(14)17/h6-7,10-11,13,18H,2-5,8-9H2,1H3. The van der Waals surface area contributed by atoms with Crippen molar-refractivity contribution in [1.82, 2.24) is 5.32 Å². The Morgan fingerprint density at radius 1 is 1.39 bits per heavy atom. The molecule has 100 valence electrons. The molecule has 2 unspecified atom stereocenters. The van der Waals surface area contributed by atoms with Crippen molar-refractivity contribution >= 4 is 15.9 Å². The molecule has 2 rings (SSSR count). The maximum absolute atomic E-state index is 13.9. The van der Waals surface area contributed by atoms with Crippen LogP contribution in [-0.2, 0) is 0 Å². The van der Waals surface area contributed by atoms with Crippen molar-refractivity contribution in [2.75, 3.05) is 6.54 Å². The highest BCUT2D eigenvalue weighted by Gasteiger charge is 2.24. The molecule has 1 aromatic carbocycles. The van der Waals surface area contributed by atoms with Gasteiger partial charge in [-0.3, -0.25) is 0 Å². The van der Waals surface area contributed by atoms with Gasteiger partial charge in [0.25, 0.3) is 0 Å². The predicted molar refractivity (Wildman–Crippen MR) is 77.4 cm³/mol. The molecular formula is C15H21BrFN. The summed E-state index contributed by atoms with van der Waals surface area (Å²) in [6.45, 7) is 3.25. The first-order valence-electron chi connectivity index (χ1n) is 6.89. The minimum absolute atomic E-state index is 0.0562. The molecule has 0 heterocycles. The monoisotopic (exact) mass is 313 g/mol. The average molecular weight is 314 g/mol. The summed E-state index contributed by atoms with van der Waals surface area (Å²) in [7, 11) is 0. The maximum Gasteiger partial charge on any atom is 0.126 e. The van der Waals surface area contributed by atoms with Crippen LogP contribution in [0.2, 0.25) is 0 Å². The van der Waals surface area contributed by atoms with Crippen LogP contribution in [0.25, 0.3) is 0 Å². The Hall–Kier alpha value is -0.410. The van der Waals surface area contributed by atoms with Gasteiger partial charge < -0.3 is 5.32 Å². The first kappa shape index (κ1) is 14.0. The van der Waals surface area contributed by atoms with Gasteiger partial charge in [-0.2, -0.15) is 0 Å². The Kier molecular flexibility index (Phi) is 5.19. The number of rotatable bonds is 4. The summed E-state index contributed by atoms with van der Waals surface area (Å²) >= 11 is 3.44. The molecule has 0 spiro atoms. The molecule has 0 saturated heterocycles. The van der Waals surface area contributed by atoms with Crippen LogP contribution in [0.4, 0.5) is 4.39 Å². The van der Waals surface area contributed by atoms with E-state index in [0.717, 1.165) is 35.8 Å². The molecule has 1 aromatic rings. The zero-order valence-electron chi connectivity index (χ0n) is 10.9. The van der Waals surface area contributed by atoms with Gasteiger partial charge in [-0.25, -0.2) is 4.39 Å². The summed E-state index contributed by atoms with van der Waals surface area (Å²) in [5.41, 5.74) is 0.882. The van der Waals surface area contributed by atoms with E-state index in [9.17, 15) is 4.39 Å². The summed E-state index contributed by atoms with van der Waals surface area (Å²) in [5.74, 6) is 0.310. The van der Waals surface area contributed by atoms with E-state index in [2.05, 4.69) is 28.2 Å². The van der Waals surface area contributed by atoms with Gasteiger partial charge in [-0.1, -0.05) is 29.3 Å². The quantitative estimate of drug-likeness (QED) is 0.855.